The molecule has 0 N–H and O–H groups in total. The molecule has 0 spiro atoms. The summed E-state index contributed by atoms with van der Waals surface area (Å²) in [5.74, 6) is 0.858. The molecule has 4 aromatic carbocycles. The van der Waals surface area contributed by atoms with Crippen molar-refractivity contribution in [1.82, 2.24) is 9.97 Å². The van der Waals surface area contributed by atoms with Gasteiger partial charge in [0.1, 0.15) is 5.82 Å². The van der Waals surface area contributed by atoms with Crippen LogP contribution >= 0.6 is 0 Å². The number of benzene rings is 4. The SMILES string of the molecule is CC(C)(C)c1nc(-c2ccc3ccccc3c2)cc(-c2ccc3ccccc3c2)n1. The molecule has 2 heteroatoms. The largest absolute Gasteiger partial charge is 0.232 e. The van der Waals surface area contributed by atoms with Gasteiger partial charge >= 0.3 is 0 Å². The third-order valence-corrected chi connectivity index (χ3v) is 5.49. The maximum atomic E-state index is 4.96. The Bertz CT molecular complexity index is 1280. The summed E-state index contributed by atoms with van der Waals surface area (Å²) in [4.78, 5) is 9.92. The molecule has 0 amide bonds. The zero-order valence-electron chi connectivity index (χ0n) is 17.6. The van der Waals surface area contributed by atoms with Gasteiger partial charge in [0, 0.05) is 16.5 Å². The number of fused-ring (bicyclic) bond motifs is 2. The van der Waals surface area contributed by atoms with Gasteiger partial charge in [-0.25, -0.2) is 9.97 Å². The first-order chi connectivity index (χ1) is 14.5. The van der Waals surface area contributed by atoms with Crippen molar-refractivity contribution in [2.75, 3.05) is 0 Å². The van der Waals surface area contributed by atoms with E-state index in [0.29, 0.717) is 0 Å². The van der Waals surface area contributed by atoms with Crippen molar-refractivity contribution in [3.8, 4) is 22.5 Å². The lowest BCUT2D eigenvalue weighted by Crippen LogP contribution is -2.17. The van der Waals surface area contributed by atoms with Gasteiger partial charge in [-0.3, -0.25) is 0 Å². The fourth-order valence-corrected chi connectivity index (χ4v) is 3.78. The highest BCUT2D eigenvalue weighted by molar-refractivity contribution is 5.89. The molecule has 0 saturated carbocycles. The van der Waals surface area contributed by atoms with Crippen LogP contribution in [0.1, 0.15) is 26.6 Å². The highest BCUT2D eigenvalue weighted by Gasteiger charge is 2.20. The Kier molecular flexibility index (Phi) is 4.36. The predicted octanol–water partition coefficient (Wildman–Crippen LogP) is 7.41. The summed E-state index contributed by atoms with van der Waals surface area (Å²) in [6.45, 7) is 6.49. The second-order valence-electron chi connectivity index (χ2n) is 8.84. The van der Waals surface area contributed by atoms with Crippen LogP contribution in [0.5, 0.6) is 0 Å². The number of hydrogen-bond acceptors (Lipinski definition) is 2. The van der Waals surface area contributed by atoms with Crippen LogP contribution in [-0.4, -0.2) is 9.97 Å². The summed E-state index contributed by atoms with van der Waals surface area (Å²) in [6.07, 6.45) is 0. The highest BCUT2D eigenvalue weighted by Crippen LogP contribution is 2.31. The van der Waals surface area contributed by atoms with Crippen molar-refractivity contribution < 1.29 is 0 Å². The molecule has 0 radical (unpaired) electrons. The van der Waals surface area contributed by atoms with E-state index in [1.807, 2.05) is 0 Å². The number of hydrogen-bond donors (Lipinski definition) is 0. The third kappa shape index (κ3) is 3.46. The summed E-state index contributed by atoms with van der Waals surface area (Å²) in [5.41, 5.74) is 4.01. The first-order valence-electron chi connectivity index (χ1n) is 10.4. The average Bonchev–Trinajstić information content (AvgIpc) is 2.77. The fourth-order valence-electron chi connectivity index (χ4n) is 3.78. The fraction of sp³-hybridized carbons (Fsp3) is 0.143. The summed E-state index contributed by atoms with van der Waals surface area (Å²) in [7, 11) is 0. The second-order valence-corrected chi connectivity index (χ2v) is 8.84. The molecule has 0 aliphatic carbocycles. The lowest BCUT2D eigenvalue weighted by Gasteiger charge is -2.19. The third-order valence-electron chi connectivity index (χ3n) is 5.49. The molecule has 0 fully saturated rings. The molecule has 0 unspecified atom stereocenters. The lowest BCUT2D eigenvalue weighted by molar-refractivity contribution is 0.547. The molecule has 146 valence electrons. The van der Waals surface area contributed by atoms with Crippen LogP contribution in [-0.2, 0) is 5.41 Å². The normalized spacial score (nSPS) is 11.8. The Morgan fingerprint density at radius 1 is 0.500 bits per heavy atom. The molecule has 2 nitrogen and oxygen atoms in total. The van der Waals surface area contributed by atoms with Crippen LogP contribution in [0, 0.1) is 0 Å². The van der Waals surface area contributed by atoms with Gasteiger partial charge in [-0.2, -0.15) is 0 Å². The van der Waals surface area contributed by atoms with Crippen LogP contribution in [0.25, 0.3) is 44.1 Å². The molecule has 0 bridgehead atoms. The van der Waals surface area contributed by atoms with E-state index in [1.54, 1.807) is 0 Å². The minimum Gasteiger partial charge on any atom is -0.232 e. The van der Waals surface area contributed by atoms with E-state index < -0.39 is 0 Å². The van der Waals surface area contributed by atoms with Gasteiger partial charge in [0.15, 0.2) is 0 Å². The maximum absolute atomic E-state index is 4.96. The quantitative estimate of drug-likeness (QED) is 0.314. The molecule has 1 aromatic heterocycles. The Morgan fingerprint density at radius 2 is 0.933 bits per heavy atom. The van der Waals surface area contributed by atoms with Crippen LogP contribution in [0.2, 0.25) is 0 Å². The van der Waals surface area contributed by atoms with E-state index in [-0.39, 0.29) is 5.41 Å². The van der Waals surface area contributed by atoms with Gasteiger partial charge in [0.05, 0.1) is 11.4 Å². The van der Waals surface area contributed by atoms with Gasteiger partial charge in [0.25, 0.3) is 0 Å². The maximum Gasteiger partial charge on any atom is 0.135 e. The Labute approximate surface area is 177 Å². The minimum absolute atomic E-state index is 0.140. The molecule has 0 saturated heterocycles. The molecule has 30 heavy (non-hydrogen) atoms. The van der Waals surface area contributed by atoms with Crippen LogP contribution in [0.15, 0.2) is 91.0 Å². The van der Waals surface area contributed by atoms with Gasteiger partial charge in [-0.05, 0) is 39.7 Å². The number of nitrogens with zero attached hydrogens (tertiary/aromatic N) is 2. The Morgan fingerprint density at radius 3 is 1.37 bits per heavy atom. The van der Waals surface area contributed by atoms with Crippen molar-refractivity contribution in [3.05, 3.63) is 96.8 Å². The molecule has 0 atom stereocenters. The highest BCUT2D eigenvalue weighted by atomic mass is 14.9. The molecular weight excluding hydrogens is 364 g/mol. The summed E-state index contributed by atoms with van der Waals surface area (Å²) in [6, 6.07) is 32.1. The van der Waals surface area contributed by atoms with Crippen molar-refractivity contribution in [3.63, 3.8) is 0 Å². The molecule has 5 aromatic rings. The van der Waals surface area contributed by atoms with E-state index in [4.69, 9.17) is 9.97 Å². The van der Waals surface area contributed by atoms with Gasteiger partial charge in [-0.15, -0.1) is 0 Å². The van der Waals surface area contributed by atoms with Crippen LogP contribution < -0.4 is 0 Å². The molecule has 1 heterocycles. The topological polar surface area (TPSA) is 25.8 Å². The van der Waals surface area contributed by atoms with Crippen molar-refractivity contribution in [2.24, 2.45) is 0 Å². The zero-order chi connectivity index (χ0) is 20.7. The van der Waals surface area contributed by atoms with Crippen LogP contribution in [0.3, 0.4) is 0 Å². The summed E-state index contributed by atoms with van der Waals surface area (Å²) < 4.78 is 0. The van der Waals surface area contributed by atoms with E-state index in [1.165, 1.54) is 21.5 Å². The summed E-state index contributed by atoms with van der Waals surface area (Å²) >= 11 is 0. The summed E-state index contributed by atoms with van der Waals surface area (Å²) in [5, 5.41) is 4.92. The van der Waals surface area contributed by atoms with Gasteiger partial charge in [0.2, 0.25) is 0 Å². The molecule has 5 rings (SSSR count). The smallest absolute Gasteiger partial charge is 0.135 e. The van der Waals surface area contributed by atoms with Crippen molar-refractivity contribution in [2.45, 2.75) is 26.2 Å². The lowest BCUT2D eigenvalue weighted by atomic mass is 9.94. The molecule has 0 aliphatic rings. The number of aromatic nitrogens is 2. The van der Waals surface area contributed by atoms with E-state index >= 15 is 0 Å². The Balaban J connectivity index is 1.70. The first-order valence-corrected chi connectivity index (χ1v) is 10.4. The van der Waals surface area contributed by atoms with Crippen molar-refractivity contribution in [1.29, 1.82) is 0 Å². The van der Waals surface area contributed by atoms with Crippen LogP contribution in [0.4, 0.5) is 0 Å². The minimum atomic E-state index is -0.140. The molecule has 0 aliphatic heterocycles. The predicted molar refractivity (Wildman–Crippen MR) is 127 cm³/mol. The zero-order valence-corrected chi connectivity index (χ0v) is 17.6. The average molecular weight is 389 g/mol. The molecular formula is C28H24N2. The standard InChI is InChI=1S/C28H24N2/c1-28(2,3)27-29-25(23-14-12-19-8-4-6-10-21(19)16-23)18-26(30-27)24-15-13-20-9-5-7-11-22(20)17-24/h4-18H,1-3H3. The second kappa shape index (κ2) is 7.07. The van der Waals surface area contributed by atoms with E-state index in [0.717, 1.165) is 28.3 Å². The van der Waals surface area contributed by atoms with Gasteiger partial charge in [-0.1, -0.05) is 93.6 Å². The first kappa shape index (κ1) is 18.5. The van der Waals surface area contributed by atoms with E-state index in [2.05, 4.69) is 112 Å². The Hall–Kier alpha value is -3.52. The number of rotatable bonds is 2. The van der Waals surface area contributed by atoms with E-state index in [9.17, 15) is 0 Å². The van der Waals surface area contributed by atoms with Crippen molar-refractivity contribution >= 4 is 21.5 Å². The van der Waals surface area contributed by atoms with Gasteiger partial charge < -0.3 is 0 Å². The monoisotopic (exact) mass is 388 g/mol.